The first-order chi connectivity index (χ1) is 9.61. The highest BCUT2D eigenvalue weighted by Gasteiger charge is 2.12. The van der Waals surface area contributed by atoms with Crippen LogP contribution in [0.4, 0.5) is 0 Å². The molecule has 2 rings (SSSR count). The summed E-state index contributed by atoms with van der Waals surface area (Å²) in [6.45, 7) is 2.13. The minimum absolute atomic E-state index is 0.122. The fourth-order valence-electron chi connectivity index (χ4n) is 1.80. The zero-order valence-electron chi connectivity index (χ0n) is 11.3. The van der Waals surface area contributed by atoms with Crippen LogP contribution in [-0.4, -0.2) is 23.2 Å². The molecule has 0 unspecified atom stereocenters. The van der Waals surface area contributed by atoms with Gasteiger partial charge >= 0.3 is 5.97 Å². The number of benzene rings is 1. The zero-order chi connectivity index (χ0) is 14.5. The number of carboxylic acid groups (broad SMARTS) is 1. The van der Waals surface area contributed by atoms with E-state index in [-0.39, 0.29) is 12.2 Å². The van der Waals surface area contributed by atoms with Gasteiger partial charge in [-0.1, -0.05) is 6.07 Å². The van der Waals surface area contributed by atoms with E-state index < -0.39 is 5.97 Å². The number of aromatic carboxylic acids is 1. The Kier molecular flexibility index (Phi) is 4.20. The average Bonchev–Trinajstić information content (AvgIpc) is 2.46. The molecule has 0 radical (unpaired) electrons. The molecule has 104 valence electrons. The summed E-state index contributed by atoms with van der Waals surface area (Å²) in [6, 6.07) is 8.56. The Labute approximate surface area is 116 Å². The molecule has 1 heterocycles. The highest BCUT2D eigenvalue weighted by Crippen LogP contribution is 2.21. The van der Waals surface area contributed by atoms with E-state index in [1.165, 1.54) is 7.11 Å². The molecule has 1 aromatic carbocycles. The highest BCUT2D eigenvalue weighted by atomic mass is 16.5. The molecule has 0 atom stereocenters. The number of ether oxygens (including phenoxy) is 2. The van der Waals surface area contributed by atoms with E-state index in [0.29, 0.717) is 11.5 Å². The third-order valence-electron chi connectivity index (χ3n) is 2.85. The molecule has 0 aliphatic carbocycles. The van der Waals surface area contributed by atoms with Crippen LogP contribution in [0.2, 0.25) is 0 Å². The van der Waals surface area contributed by atoms with Crippen molar-refractivity contribution in [2.75, 3.05) is 7.11 Å². The van der Waals surface area contributed by atoms with Gasteiger partial charge in [-0.3, -0.25) is 4.98 Å². The summed E-state index contributed by atoms with van der Waals surface area (Å²) in [5, 5.41) is 9.12. The molecule has 0 saturated heterocycles. The Morgan fingerprint density at radius 3 is 2.75 bits per heavy atom. The number of aromatic nitrogens is 1. The Morgan fingerprint density at radius 1 is 1.30 bits per heavy atom. The summed E-state index contributed by atoms with van der Waals surface area (Å²) in [7, 11) is 1.44. The second-order valence-electron chi connectivity index (χ2n) is 4.22. The van der Waals surface area contributed by atoms with Crippen LogP contribution in [0.1, 0.15) is 21.6 Å². The molecule has 0 bridgehead atoms. The topological polar surface area (TPSA) is 68.7 Å². The number of carboxylic acids is 1. The van der Waals surface area contributed by atoms with E-state index in [2.05, 4.69) is 4.98 Å². The molecule has 0 aliphatic rings. The third-order valence-corrected chi connectivity index (χ3v) is 2.85. The van der Waals surface area contributed by atoms with Gasteiger partial charge in [-0.25, -0.2) is 4.79 Å². The van der Waals surface area contributed by atoms with Gasteiger partial charge in [0.2, 0.25) is 0 Å². The second kappa shape index (κ2) is 6.06. The number of nitrogens with zero attached hydrogens (tertiary/aromatic N) is 1. The quantitative estimate of drug-likeness (QED) is 0.907. The normalized spacial score (nSPS) is 10.1. The summed E-state index contributed by atoms with van der Waals surface area (Å²) in [6.07, 6.45) is 1.69. The van der Waals surface area contributed by atoms with Crippen molar-refractivity contribution in [1.29, 1.82) is 0 Å². The maximum absolute atomic E-state index is 11.1. The van der Waals surface area contributed by atoms with Crippen molar-refractivity contribution in [2.24, 2.45) is 0 Å². The first-order valence-electron chi connectivity index (χ1n) is 6.06. The molecule has 2 aromatic rings. The highest BCUT2D eigenvalue weighted by molar-refractivity contribution is 5.91. The Morgan fingerprint density at radius 2 is 2.10 bits per heavy atom. The van der Waals surface area contributed by atoms with Crippen molar-refractivity contribution in [1.82, 2.24) is 4.98 Å². The summed E-state index contributed by atoms with van der Waals surface area (Å²) >= 11 is 0. The summed E-state index contributed by atoms with van der Waals surface area (Å²) in [5.74, 6) is -0.0136. The van der Waals surface area contributed by atoms with Crippen LogP contribution in [0, 0.1) is 6.92 Å². The van der Waals surface area contributed by atoms with Gasteiger partial charge in [-0.2, -0.15) is 0 Å². The predicted octanol–water partition coefficient (Wildman–Crippen LogP) is 2.68. The lowest BCUT2D eigenvalue weighted by molar-refractivity contribution is 0.0693. The molecule has 0 fully saturated rings. The second-order valence-corrected chi connectivity index (χ2v) is 4.22. The number of carbonyl (C=O) groups is 1. The number of pyridine rings is 1. The lowest BCUT2D eigenvalue weighted by Crippen LogP contribution is -2.04. The lowest BCUT2D eigenvalue weighted by Gasteiger charge is -2.10. The van der Waals surface area contributed by atoms with Crippen LogP contribution in [0.25, 0.3) is 0 Å². The van der Waals surface area contributed by atoms with E-state index in [1.54, 1.807) is 30.5 Å². The van der Waals surface area contributed by atoms with Gasteiger partial charge in [-0.05, 0) is 36.8 Å². The molecule has 5 heteroatoms. The van der Waals surface area contributed by atoms with Crippen molar-refractivity contribution in [3.05, 3.63) is 53.3 Å². The zero-order valence-corrected chi connectivity index (χ0v) is 11.3. The molecule has 0 saturated carbocycles. The van der Waals surface area contributed by atoms with E-state index in [1.807, 2.05) is 13.0 Å². The third kappa shape index (κ3) is 3.06. The van der Waals surface area contributed by atoms with Gasteiger partial charge in [0, 0.05) is 6.20 Å². The van der Waals surface area contributed by atoms with Crippen molar-refractivity contribution in [3.8, 4) is 11.5 Å². The van der Waals surface area contributed by atoms with Crippen LogP contribution < -0.4 is 9.47 Å². The van der Waals surface area contributed by atoms with Crippen molar-refractivity contribution in [3.63, 3.8) is 0 Å². The molecule has 0 spiro atoms. The number of rotatable bonds is 5. The number of aryl methyl sites for hydroxylation is 1. The fourth-order valence-corrected chi connectivity index (χ4v) is 1.80. The molecule has 1 N–H and O–H groups in total. The van der Waals surface area contributed by atoms with Crippen LogP contribution in [0.5, 0.6) is 11.5 Å². The summed E-state index contributed by atoms with van der Waals surface area (Å²) < 4.78 is 10.6. The molecular formula is C15H15NO4. The van der Waals surface area contributed by atoms with Gasteiger partial charge < -0.3 is 14.6 Å². The maximum Gasteiger partial charge on any atom is 0.339 e. The largest absolute Gasteiger partial charge is 0.496 e. The SMILES string of the molecule is COc1ccc(COc2cccnc2C)cc1C(=O)O. The van der Waals surface area contributed by atoms with E-state index in [9.17, 15) is 4.79 Å². The average molecular weight is 273 g/mol. The molecule has 5 nitrogen and oxygen atoms in total. The summed E-state index contributed by atoms with van der Waals surface area (Å²) in [5.41, 5.74) is 1.67. The summed E-state index contributed by atoms with van der Waals surface area (Å²) in [4.78, 5) is 15.3. The maximum atomic E-state index is 11.1. The van der Waals surface area contributed by atoms with Gasteiger partial charge in [0.05, 0.1) is 12.8 Å². The van der Waals surface area contributed by atoms with E-state index >= 15 is 0 Å². The first-order valence-corrected chi connectivity index (χ1v) is 6.06. The van der Waals surface area contributed by atoms with Crippen molar-refractivity contribution >= 4 is 5.97 Å². The predicted molar refractivity (Wildman–Crippen MR) is 73.3 cm³/mol. The van der Waals surface area contributed by atoms with Crippen molar-refractivity contribution in [2.45, 2.75) is 13.5 Å². The number of hydrogen-bond acceptors (Lipinski definition) is 4. The Balaban J connectivity index is 2.16. The molecule has 0 aliphatic heterocycles. The smallest absolute Gasteiger partial charge is 0.339 e. The molecular weight excluding hydrogens is 258 g/mol. The fraction of sp³-hybridized carbons (Fsp3) is 0.200. The standard InChI is InChI=1S/C15H15NO4/c1-10-13(4-3-7-16-10)20-9-11-5-6-14(19-2)12(8-11)15(17)18/h3-8H,9H2,1-2H3,(H,17,18). The first kappa shape index (κ1) is 13.9. The molecule has 0 amide bonds. The van der Waals surface area contributed by atoms with Crippen molar-refractivity contribution < 1.29 is 19.4 Å². The minimum atomic E-state index is -1.03. The van der Waals surface area contributed by atoms with Gasteiger partial charge in [-0.15, -0.1) is 0 Å². The molecule has 20 heavy (non-hydrogen) atoms. The minimum Gasteiger partial charge on any atom is -0.496 e. The van der Waals surface area contributed by atoms with Crippen LogP contribution in [0.15, 0.2) is 36.5 Å². The number of methoxy groups -OCH3 is 1. The lowest BCUT2D eigenvalue weighted by atomic mass is 10.1. The Bertz CT molecular complexity index is 625. The Hall–Kier alpha value is -2.56. The van der Waals surface area contributed by atoms with Crippen LogP contribution in [0.3, 0.4) is 0 Å². The number of hydrogen-bond donors (Lipinski definition) is 1. The van der Waals surface area contributed by atoms with E-state index in [0.717, 1.165) is 11.3 Å². The van der Waals surface area contributed by atoms with Crippen LogP contribution in [-0.2, 0) is 6.61 Å². The van der Waals surface area contributed by atoms with Crippen LogP contribution >= 0.6 is 0 Å². The molecule has 1 aromatic heterocycles. The van der Waals surface area contributed by atoms with Gasteiger partial charge in [0.25, 0.3) is 0 Å². The monoisotopic (exact) mass is 273 g/mol. The van der Waals surface area contributed by atoms with Gasteiger partial charge in [0.15, 0.2) is 0 Å². The van der Waals surface area contributed by atoms with Gasteiger partial charge in [0.1, 0.15) is 23.7 Å². The van der Waals surface area contributed by atoms with E-state index in [4.69, 9.17) is 14.6 Å².